The van der Waals surface area contributed by atoms with Crippen LogP contribution in [0, 0.1) is 18.8 Å². The highest BCUT2D eigenvalue weighted by Crippen LogP contribution is 2.29. The van der Waals surface area contributed by atoms with Gasteiger partial charge >= 0.3 is 5.97 Å². The van der Waals surface area contributed by atoms with E-state index < -0.39 is 16.0 Å². The fraction of sp³-hybridized carbons (Fsp3) is 0.643. The van der Waals surface area contributed by atoms with E-state index in [9.17, 15) is 13.2 Å². The number of rotatable bonds is 5. The molecule has 1 saturated carbocycles. The Morgan fingerprint density at radius 2 is 2.19 bits per heavy atom. The van der Waals surface area contributed by atoms with E-state index in [1.54, 1.807) is 6.92 Å². The molecule has 1 aliphatic carbocycles. The van der Waals surface area contributed by atoms with Crippen LogP contribution in [0.4, 0.5) is 0 Å². The summed E-state index contributed by atoms with van der Waals surface area (Å²) in [6.07, 6.45) is 4.47. The molecule has 1 heterocycles. The van der Waals surface area contributed by atoms with Crippen LogP contribution < -0.4 is 4.72 Å². The van der Waals surface area contributed by atoms with Gasteiger partial charge in [0.25, 0.3) is 0 Å². The average molecular weight is 331 g/mol. The molecule has 1 fully saturated rings. The van der Waals surface area contributed by atoms with Crippen molar-refractivity contribution >= 4 is 27.3 Å². The zero-order chi connectivity index (χ0) is 15.6. The molecule has 1 aromatic heterocycles. The third-order valence-electron chi connectivity index (χ3n) is 3.96. The molecular formula is C14H21NO4S2. The second-order valence-corrected chi connectivity index (χ2v) is 8.92. The van der Waals surface area contributed by atoms with Crippen molar-refractivity contribution in [3.05, 3.63) is 16.5 Å². The summed E-state index contributed by atoms with van der Waals surface area (Å²) in [6, 6.07) is 1.43. The molecule has 1 aliphatic rings. The molecule has 2 rings (SSSR count). The summed E-state index contributed by atoms with van der Waals surface area (Å²) in [6.45, 7) is 4.25. The fourth-order valence-electron chi connectivity index (χ4n) is 2.84. The first-order chi connectivity index (χ1) is 9.79. The van der Waals surface area contributed by atoms with E-state index in [0.717, 1.165) is 30.6 Å². The van der Waals surface area contributed by atoms with Crippen molar-refractivity contribution in [3.63, 3.8) is 0 Å². The molecule has 7 heteroatoms. The van der Waals surface area contributed by atoms with Gasteiger partial charge in [0, 0.05) is 6.54 Å². The van der Waals surface area contributed by atoms with Crippen molar-refractivity contribution in [2.45, 2.75) is 43.7 Å². The van der Waals surface area contributed by atoms with Crippen molar-refractivity contribution in [2.75, 3.05) is 6.54 Å². The van der Waals surface area contributed by atoms with Crippen molar-refractivity contribution in [1.82, 2.24) is 4.72 Å². The molecule has 0 aromatic carbocycles. The highest BCUT2D eigenvalue weighted by atomic mass is 32.2. The Labute approximate surface area is 129 Å². The monoisotopic (exact) mass is 331 g/mol. The summed E-state index contributed by atoms with van der Waals surface area (Å²) in [5.41, 5.74) is 0.485. The molecule has 0 aliphatic heterocycles. The minimum absolute atomic E-state index is 0.0845. The Morgan fingerprint density at radius 1 is 1.48 bits per heavy atom. The number of carbonyl (C=O) groups is 1. The number of nitrogens with one attached hydrogen (secondary N) is 1. The summed E-state index contributed by atoms with van der Waals surface area (Å²) in [5.74, 6) is -0.0561. The minimum Gasteiger partial charge on any atom is -0.477 e. The topological polar surface area (TPSA) is 83.5 Å². The van der Waals surface area contributed by atoms with Crippen LogP contribution in [-0.4, -0.2) is 26.0 Å². The predicted octanol–water partition coefficient (Wildman–Crippen LogP) is 2.86. The van der Waals surface area contributed by atoms with Crippen LogP contribution in [0.5, 0.6) is 0 Å². The number of carboxylic acids is 1. The molecular weight excluding hydrogens is 310 g/mol. The lowest BCUT2D eigenvalue weighted by molar-refractivity contribution is 0.0701. The zero-order valence-electron chi connectivity index (χ0n) is 12.3. The minimum atomic E-state index is -3.61. The van der Waals surface area contributed by atoms with Crippen LogP contribution >= 0.6 is 11.3 Å². The zero-order valence-corrected chi connectivity index (χ0v) is 13.9. The summed E-state index contributed by atoms with van der Waals surface area (Å²) < 4.78 is 27.2. The Balaban J connectivity index is 2.04. The van der Waals surface area contributed by atoms with Crippen molar-refractivity contribution in [3.8, 4) is 0 Å². The Morgan fingerprint density at radius 3 is 2.76 bits per heavy atom. The lowest BCUT2D eigenvalue weighted by atomic mass is 9.83. The van der Waals surface area contributed by atoms with Crippen LogP contribution in [0.1, 0.15) is 47.8 Å². The van der Waals surface area contributed by atoms with Gasteiger partial charge in [0.15, 0.2) is 0 Å². The maximum absolute atomic E-state index is 12.3. The van der Waals surface area contributed by atoms with Gasteiger partial charge in [-0.15, -0.1) is 11.3 Å². The van der Waals surface area contributed by atoms with Gasteiger partial charge in [-0.3, -0.25) is 0 Å². The first-order valence-electron chi connectivity index (χ1n) is 7.13. The first kappa shape index (κ1) is 16.5. The van der Waals surface area contributed by atoms with Gasteiger partial charge in [0.05, 0.1) is 0 Å². The summed E-state index contributed by atoms with van der Waals surface area (Å²) >= 11 is 0.812. The SMILES string of the molecule is Cc1cc(S(=O)(=O)NCC2CCCC(C)C2)sc1C(=O)O. The van der Waals surface area contributed by atoms with E-state index in [-0.39, 0.29) is 9.09 Å². The van der Waals surface area contributed by atoms with Crippen LogP contribution in [-0.2, 0) is 10.0 Å². The van der Waals surface area contributed by atoms with Crippen molar-refractivity contribution in [1.29, 1.82) is 0 Å². The smallest absolute Gasteiger partial charge is 0.346 e. The molecule has 1 aromatic rings. The maximum atomic E-state index is 12.3. The summed E-state index contributed by atoms with van der Waals surface area (Å²) in [5, 5.41) is 9.00. The third-order valence-corrected chi connectivity index (χ3v) is 7.08. The quantitative estimate of drug-likeness (QED) is 0.869. The van der Waals surface area contributed by atoms with Gasteiger partial charge in [-0.05, 0) is 43.2 Å². The number of carboxylic acid groups (broad SMARTS) is 1. The summed E-state index contributed by atoms with van der Waals surface area (Å²) in [7, 11) is -3.61. The lowest BCUT2D eigenvalue weighted by Crippen LogP contribution is -2.31. The van der Waals surface area contributed by atoms with Gasteiger partial charge < -0.3 is 5.11 Å². The van der Waals surface area contributed by atoms with Gasteiger partial charge in [-0.2, -0.15) is 0 Å². The molecule has 0 saturated heterocycles. The van der Waals surface area contributed by atoms with Crippen molar-refractivity contribution in [2.24, 2.45) is 11.8 Å². The number of aryl methyl sites for hydroxylation is 1. The van der Waals surface area contributed by atoms with E-state index in [0.29, 0.717) is 23.9 Å². The van der Waals surface area contributed by atoms with Crippen LogP contribution in [0.2, 0.25) is 0 Å². The second kappa shape index (κ2) is 6.46. The number of hydrogen-bond acceptors (Lipinski definition) is 4. The first-order valence-corrected chi connectivity index (χ1v) is 9.43. The molecule has 118 valence electrons. The molecule has 0 spiro atoms. The average Bonchev–Trinajstić information content (AvgIpc) is 2.80. The van der Waals surface area contributed by atoms with Gasteiger partial charge in [-0.1, -0.05) is 19.8 Å². The Hall–Kier alpha value is -0.920. The molecule has 2 unspecified atom stereocenters. The standard InChI is InChI=1S/C14H21NO4S2/c1-9-4-3-5-11(6-9)8-15-21(18,19)12-7-10(2)13(20-12)14(16)17/h7,9,11,15H,3-6,8H2,1-2H3,(H,16,17). The lowest BCUT2D eigenvalue weighted by Gasteiger charge is -2.26. The predicted molar refractivity (Wildman–Crippen MR) is 82.3 cm³/mol. The second-order valence-electron chi connectivity index (χ2n) is 5.87. The molecule has 2 atom stereocenters. The number of hydrogen-bond donors (Lipinski definition) is 2. The Kier molecular flexibility index (Phi) is 5.06. The van der Waals surface area contributed by atoms with E-state index in [1.807, 2.05) is 0 Å². The van der Waals surface area contributed by atoms with E-state index in [4.69, 9.17) is 5.11 Å². The van der Waals surface area contributed by atoms with Crippen LogP contribution in [0.3, 0.4) is 0 Å². The number of thiophene rings is 1. The molecule has 0 bridgehead atoms. The summed E-state index contributed by atoms with van der Waals surface area (Å²) in [4.78, 5) is 11.1. The van der Waals surface area contributed by atoms with Gasteiger partial charge in [-0.25, -0.2) is 17.9 Å². The third kappa shape index (κ3) is 4.05. The molecule has 21 heavy (non-hydrogen) atoms. The number of aromatic carboxylic acids is 1. The van der Waals surface area contributed by atoms with Gasteiger partial charge in [0.2, 0.25) is 10.0 Å². The molecule has 0 amide bonds. The highest BCUT2D eigenvalue weighted by molar-refractivity contribution is 7.91. The molecule has 5 nitrogen and oxygen atoms in total. The van der Waals surface area contributed by atoms with Crippen molar-refractivity contribution < 1.29 is 18.3 Å². The van der Waals surface area contributed by atoms with Crippen LogP contribution in [0.25, 0.3) is 0 Å². The van der Waals surface area contributed by atoms with E-state index in [2.05, 4.69) is 11.6 Å². The van der Waals surface area contributed by atoms with E-state index >= 15 is 0 Å². The largest absolute Gasteiger partial charge is 0.477 e. The maximum Gasteiger partial charge on any atom is 0.346 e. The van der Waals surface area contributed by atoms with Crippen LogP contribution in [0.15, 0.2) is 10.3 Å². The fourth-order valence-corrected chi connectivity index (χ4v) is 5.38. The van der Waals surface area contributed by atoms with E-state index in [1.165, 1.54) is 12.5 Å². The van der Waals surface area contributed by atoms with Gasteiger partial charge in [0.1, 0.15) is 9.09 Å². The highest BCUT2D eigenvalue weighted by Gasteiger charge is 2.24. The molecule has 2 N–H and O–H groups in total. The molecule has 0 radical (unpaired) electrons. The Bertz CT molecular complexity index is 621. The normalized spacial score (nSPS) is 23.1. The number of sulfonamides is 1.